The molecule has 232 valence electrons. The van der Waals surface area contributed by atoms with Crippen LogP contribution in [0.4, 0.5) is 26.7 Å². The first-order valence-corrected chi connectivity index (χ1v) is 13.6. The Morgan fingerprint density at radius 1 is 0.909 bits per heavy atom. The molecule has 0 aliphatic rings. The summed E-state index contributed by atoms with van der Waals surface area (Å²) < 4.78 is 78.6. The second-order valence-corrected chi connectivity index (χ2v) is 10.6. The maximum atomic E-state index is 14.1. The van der Waals surface area contributed by atoms with Crippen molar-refractivity contribution in [2.45, 2.75) is 51.6 Å². The third kappa shape index (κ3) is 8.65. The zero-order valence-corrected chi connectivity index (χ0v) is 23.9. The fraction of sp³-hybridized carbons (Fsp3) is 0.281. The molecule has 0 fully saturated rings. The van der Waals surface area contributed by atoms with Gasteiger partial charge in [-0.1, -0.05) is 36.4 Å². The molecule has 7 nitrogen and oxygen atoms in total. The van der Waals surface area contributed by atoms with Crippen molar-refractivity contribution in [2.24, 2.45) is 0 Å². The summed E-state index contributed by atoms with van der Waals surface area (Å²) in [7, 11) is 0. The monoisotopic (exact) mass is 615 g/mol. The van der Waals surface area contributed by atoms with E-state index in [4.69, 9.17) is 9.47 Å². The first kappa shape index (κ1) is 32.2. The number of pyridine rings is 1. The molecule has 1 aromatic heterocycles. The molecule has 1 heterocycles. The quantitative estimate of drug-likeness (QED) is 0.175. The average molecular weight is 616 g/mol. The van der Waals surface area contributed by atoms with Crippen molar-refractivity contribution in [1.29, 1.82) is 0 Å². The molecule has 12 heteroatoms. The van der Waals surface area contributed by atoms with E-state index in [1.54, 1.807) is 49.4 Å². The van der Waals surface area contributed by atoms with E-state index in [-0.39, 0.29) is 35.5 Å². The molecule has 2 N–H and O–H groups in total. The summed E-state index contributed by atoms with van der Waals surface area (Å²) in [6.07, 6.45) is -5.84. The summed E-state index contributed by atoms with van der Waals surface area (Å²) in [5.41, 5.74) is -0.0796. The zero-order chi connectivity index (χ0) is 31.9. The first-order valence-electron chi connectivity index (χ1n) is 13.6. The number of ether oxygens (including phenoxy) is 2. The Labute approximate surface area is 250 Å². The van der Waals surface area contributed by atoms with Gasteiger partial charge in [0.25, 0.3) is 5.91 Å². The molecule has 3 aromatic carbocycles. The molecular weight excluding hydrogens is 585 g/mol. The average Bonchev–Trinajstić information content (AvgIpc) is 2.97. The van der Waals surface area contributed by atoms with Crippen molar-refractivity contribution in [2.75, 3.05) is 6.54 Å². The summed E-state index contributed by atoms with van der Waals surface area (Å²) in [4.78, 5) is 30.2. The van der Waals surface area contributed by atoms with E-state index < -0.39 is 54.8 Å². The van der Waals surface area contributed by atoms with Crippen LogP contribution < -0.4 is 15.4 Å². The number of aromatic nitrogens is 1. The van der Waals surface area contributed by atoms with E-state index in [0.717, 1.165) is 12.1 Å². The number of carbonyl (C=O) groups is 2. The highest BCUT2D eigenvalue weighted by atomic mass is 19.4. The molecule has 0 radical (unpaired) electrons. The van der Waals surface area contributed by atoms with Crippen LogP contribution in [0, 0.1) is 18.6 Å². The van der Waals surface area contributed by atoms with Crippen LogP contribution in [-0.4, -0.2) is 35.2 Å². The maximum absolute atomic E-state index is 14.1. The van der Waals surface area contributed by atoms with E-state index >= 15 is 0 Å². The van der Waals surface area contributed by atoms with Gasteiger partial charge in [0.1, 0.15) is 36.1 Å². The highest BCUT2D eigenvalue weighted by molar-refractivity contribution is 6.07. The van der Waals surface area contributed by atoms with Gasteiger partial charge < -0.3 is 20.1 Å². The van der Waals surface area contributed by atoms with Gasteiger partial charge in [0.2, 0.25) is 0 Å². The van der Waals surface area contributed by atoms with Gasteiger partial charge >= 0.3 is 12.3 Å². The largest absolute Gasteiger partial charge is 0.486 e. The number of fused-ring (bicyclic) bond motifs is 1. The SMILES string of the molecule is Cc1cc(OCc2c(F)cccc2F)c2nccc(C(=O)NCC(C)(CCC(F)(F)F)NC(=O)OCc3ccccc3)c2c1. The molecule has 0 aliphatic carbocycles. The molecule has 1 atom stereocenters. The van der Waals surface area contributed by atoms with Crippen molar-refractivity contribution >= 4 is 22.9 Å². The topological polar surface area (TPSA) is 89.5 Å². The lowest BCUT2D eigenvalue weighted by Gasteiger charge is -2.31. The van der Waals surface area contributed by atoms with Crippen LogP contribution in [0.1, 0.15) is 46.8 Å². The van der Waals surface area contributed by atoms with Crippen LogP contribution in [-0.2, 0) is 18.0 Å². The minimum absolute atomic E-state index is 0.0926. The maximum Gasteiger partial charge on any atom is 0.407 e. The minimum atomic E-state index is -4.50. The van der Waals surface area contributed by atoms with Crippen molar-refractivity contribution in [3.63, 3.8) is 0 Å². The fourth-order valence-corrected chi connectivity index (χ4v) is 4.48. The normalized spacial score (nSPS) is 12.8. The van der Waals surface area contributed by atoms with Gasteiger partial charge in [-0.3, -0.25) is 9.78 Å². The highest BCUT2D eigenvalue weighted by Gasteiger charge is 2.35. The lowest BCUT2D eigenvalue weighted by Crippen LogP contribution is -2.54. The number of amides is 2. The number of nitrogens with zero attached hydrogens (tertiary/aromatic N) is 1. The second kappa shape index (κ2) is 13.7. The molecule has 0 bridgehead atoms. The summed E-state index contributed by atoms with van der Waals surface area (Å²) in [5, 5.41) is 5.43. The fourth-order valence-electron chi connectivity index (χ4n) is 4.48. The predicted molar refractivity (Wildman–Crippen MR) is 153 cm³/mol. The van der Waals surface area contributed by atoms with E-state index in [9.17, 15) is 31.5 Å². The number of benzene rings is 3. The number of alkyl halides is 3. The van der Waals surface area contributed by atoms with Crippen LogP contribution in [0.3, 0.4) is 0 Å². The molecule has 0 saturated heterocycles. The van der Waals surface area contributed by atoms with Crippen LogP contribution in [0.2, 0.25) is 0 Å². The molecule has 1 unspecified atom stereocenters. The second-order valence-electron chi connectivity index (χ2n) is 10.6. The third-order valence-electron chi connectivity index (χ3n) is 6.85. The Kier molecular flexibility index (Phi) is 10.0. The standard InChI is InChI=1S/C32H30F5N3O4/c1-20-15-23-22(11-14-38-28(23)27(16-20)43-18-24-25(33)9-6-10-26(24)34)29(41)39-19-31(2,12-13-32(35,36)37)40-30(42)44-17-21-7-4-3-5-8-21/h3-11,14-16H,12-13,17-19H2,1-2H3,(H,39,41)(H,40,42). The van der Waals surface area contributed by atoms with Crippen LogP contribution in [0.5, 0.6) is 5.75 Å². The zero-order valence-electron chi connectivity index (χ0n) is 23.9. The van der Waals surface area contributed by atoms with Gasteiger partial charge in [-0.25, -0.2) is 13.6 Å². The number of rotatable bonds is 11. The molecule has 0 saturated carbocycles. The molecular formula is C32H30F5N3O4. The van der Waals surface area contributed by atoms with E-state index in [0.29, 0.717) is 16.5 Å². The molecule has 4 aromatic rings. The van der Waals surface area contributed by atoms with Crippen LogP contribution in [0.15, 0.2) is 72.9 Å². The molecule has 0 aliphatic heterocycles. The number of aryl methyl sites for hydroxylation is 1. The van der Waals surface area contributed by atoms with Gasteiger partial charge in [0.15, 0.2) is 0 Å². The Bertz CT molecular complexity index is 1610. The summed E-state index contributed by atoms with van der Waals surface area (Å²) in [6.45, 7) is 2.23. The Hall–Kier alpha value is -4.74. The van der Waals surface area contributed by atoms with Gasteiger partial charge in [-0.05, 0) is 61.7 Å². The number of halogens is 5. The van der Waals surface area contributed by atoms with E-state index in [1.807, 2.05) is 0 Å². The van der Waals surface area contributed by atoms with Crippen molar-refractivity contribution < 1.29 is 41.0 Å². The third-order valence-corrected chi connectivity index (χ3v) is 6.85. The minimum Gasteiger partial charge on any atom is -0.486 e. The van der Waals surface area contributed by atoms with E-state index in [2.05, 4.69) is 15.6 Å². The van der Waals surface area contributed by atoms with Gasteiger partial charge in [0, 0.05) is 24.5 Å². The van der Waals surface area contributed by atoms with E-state index in [1.165, 1.54) is 25.3 Å². The lowest BCUT2D eigenvalue weighted by atomic mass is 9.95. The molecule has 44 heavy (non-hydrogen) atoms. The van der Waals surface area contributed by atoms with Crippen molar-refractivity contribution in [3.8, 4) is 5.75 Å². The summed E-state index contributed by atoms with van der Waals surface area (Å²) in [5.74, 6) is -2.02. The van der Waals surface area contributed by atoms with Crippen molar-refractivity contribution in [1.82, 2.24) is 15.6 Å². The van der Waals surface area contributed by atoms with Gasteiger partial charge in [0.05, 0.1) is 16.7 Å². The lowest BCUT2D eigenvalue weighted by molar-refractivity contribution is -0.138. The number of hydrogen-bond acceptors (Lipinski definition) is 5. The number of nitrogens with one attached hydrogen (secondary N) is 2. The molecule has 2 amide bonds. The first-order chi connectivity index (χ1) is 20.8. The van der Waals surface area contributed by atoms with Crippen molar-refractivity contribution in [3.05, 3.63) is 107 Å². The van der Waals surface area contributed by atoms with Crippen LogP contribution >= 0.6 is 0 Å². The summed E-state index contributed by atoms with van der Waals surface area (Å²) >= 11 is 0. The van der Waals surface area contributed by atoms with Gasteiger partial charge in [-0.15, -0.1) is 0 Å². The Morgan fingerprint density at radius 3 is 2.30 bits per heavy atom. The molecule has 4 rings (SSSR count). The highest BCUT2D eigenvalue weighted by Crippen LogP contribution is 2.30. The number of carbonyl (C=O) groups excluding carboxylic acids is 2. The predicted octanol–water partition coefficient (Wildman–Crippen LogP) is 7.16. The smallest absolute Gasteiger partial charge is 0.407 e. The number of hydrogen-bond donors (Lipinski definition) is 2. The Balaban J connectivity index is 1.51. The van der Waals surface area contributed by atoms with Gasteiger partial charge in [-0.2, -0.15) is 13.2 Å². The Morgan fingerprint density at radius 2 is 1.61 bits per heavy atom. The van der Waals surface area contributed by atoms with Crippen LogP contribution in [0.25, 0.3) is 10.9 Å². The number of alkyl carbamates (subject to hydrolysis) is 1. The summed E-state index contributed by atoms with van der Waals surface area (Å²) in [6, 6.07) is 16.9. The molecule has 0 spiro atoms.